The number of rotatable bonds is 5. The molecule has 6 heteroatoms. The molecule has 0 aromatic heterocycles. The molecule has 0 aromatic rings. The van der Waals surface area contributed by atoms with Crippen LogP contribution in [0.1, 0.15) is 40.0 Å². The summed E-state index contributed by atoms with van der Waals surface area (Å²) in [6.07, 6.45) is 2.47. The maximum Gasteiger partial charge on any atom is 0.240 e. The molecule has 2 atom stereocenters. The number of ether oxygens (including phenoxy) is 2. The van der Waals surface area contributed by atoms with Crippen molar-refractivity contribution in [3.8, 4) is 0 Å². The van der Waals surface area contributed by atoms with Crippen molar-refractivity contribution in [3.05, 3.63) is 0 Å². The van der Waals surface area contributed by atoms with E-state index in [1.807, 2.05) is 25.7 Å². The number of likely N-dealkylation sites (tertiary alicyclic amines) is 1. The van der Waals surface area contributed by atoms with Gasteiger partial charge in [-0.05, 0) is 40.2 Å². The van der Waals surface area contributed by atoms with Crippen LogP contribution in [0.2, 0.25) is 0 Å². The summed E-state index contributed by atoms with van der Waals surface area (Å²) in [4.78, 5) is 16.8. The van der Waals surface area contributed by atoms with Gasteiger partial charge in [-0.15, -0.1) is 0 Å². The van der Waals surface area contributed by atoms with Gasteiger partial charge in [-0.3, -0.25) is 9.69 Å². The summed E-state index contributed by atoms with van der Waals surface area (Å²) in [6, 6.07) is -0.105. The fourth-order valence-corrected chi connectivity index (χ4v) is 3.15. The summed E-state index contributed by atoms with van der Waals surface area (Å²) in [5.74, 6) is 0.192. The molecule has 2 fully saturated rings. The lowest BCUT2D eigenvalue weighted by Crippen LogP contribution is -2.55. The number of hydrogen-bond acceptors (Lipinski definition) is 5. The zero-order valence-corrected chi connectivity index (χ0v) is 14.8. The number of nitrogens with zero attached hydrogens (tertiary/aromatic N) is 2. The highest BCUT2D eigenvalue weighted by Crippen LogP contribution is 2.20. The van der Waals surface area contributed by atoms with E-state index in [-0.39, 0.29) is 17.6 Å². The first-order chi connectivity index (χ1) is 10.9. The predicted octanol–water partition coefficient (Wildman–Crippen LogP) is 0.876. The fourth-order valence-electron chi connectivity index (χ4n) is 3.15. The van der Waals surface area contributed by atoms with Gasteiger partial charge in [0.05, 0.1) is 37.6 Å². The second kappa shape index (κ2) is 8.42. The van der Waals surface area contributed by atoms with Crippen LogP contribution in [0.5, 0.6) is 0 Å². The molecule has 0 saturated carbocycles. The molecular formula is C17H32N2O4. The van der Waals surface area contributed by atoms with E-state index < -0.39 is 6.10 Å². The highest BCUT2D eigenvalue weighted by Gasteiger charge is 2.33. The number of amides is 1. The standard InChI is InChI=1S/C17H32N2O4/c1-17(2,3)23-13-14(20)12-19-7-5-4-6-15(19)16(21)18-8-10-22-11-9-18/h14-15,20H,4-13H2,1-3H3/t14-,15-/m1/s1. The zero-order valence-electron chi connectivity index (χ0n) is 14.8. The van der Waals surface area contributed by atoms with Gasteiger partial charge in [0.2, 0.25) is 5.91 Å². The van der Waals surface area contributed by atoms with E-state index >= 15 is 0 Å². The van der Waals surface area contributed by atoms with Gasteiger partial charge in [0.25, 0.3) is 0 Å². The average Bonchev–Trinajstić information content (AvgIpc) is 2.53. The van der Waals surface area contributed by atoms with Crippen LogP contribution in [0.3, 0.4) is 0 Å². The minimum absolute atomic E-state index is 0.105. The Bertz CT molecular complexity index is 377. The topological polar surface area (TPSA) is 62.2 Å². The van der Waals surface area contributed by atoms with Crippen LogP contribution in [0.4, 0.5) is 0 Å². The molecule has 6 nitrogen and oxygen atoms in total. The third-order valence-corrected chi connectivity index (χ3v) is 4.38. The van der Waals surface area contributed by atoms with Gasteiger partial charge < -0.3 is 19.5 Å². The number of aliphatic hydroxyl groups is 1. The summed E-state index contributed by atoms with van der Waals surface area (Å²) in [5, 5.41) is 10.3. The van der Waals surface area contributed by atoms with Crippen molar-refractivity contribution in [2.45, 2.75) is 57.8 Å². The second-order valence-corrected chi connectivity index (χ2v) is 7.52. The smallest absolute Gasteiger partial charge is 0.240 e. The van der Waals surface area contributed by atoms with Gasteiger partial charge in [0, 0.05) is 19.6 Å². The van der Waals surface area contributed by atoms with E-state index in [1.54, 1.807) is 0 Å². The van der Waals surface area contributed by atoms with Gasteiger partial charge in [-0.2, -0.15) is 0 Å². The molecule has 2 rings (SSSR count). The van der Waals surface area contributed by atoms with Crippen molar-refractivity contribution < 1.29 is 19.4 Å². The van der Waals surface area contributed by atoms with Crippen molar-refractivity contribution in [2.24, 2.45) is 0 Å². The molecule has 2 saturated heterocycles. The molecule has 0 radical (unpaired) electrons. The average molecular weight is 328 g/mol. The summed E-state index contributed by atoms with van der Waals surface area (Å²) in [6.45, 7) is 10.2. The molecule has 0 aromatic carbocycles. The minimum atomic E-state index is -0.563. The fraction of sp³-hybridized carbons (Fsp3) is 0.941. The first-order valence-electron chi connectivity index (χ1n) is 8.79. The van der Waals surface area contributed by atoms with E-state index in [4.69, 9.17) is 9.47 Å². The minimum Gasteiger partial charge on any atom is -0.389 e. The zero-order chi connectivity index (χ0) is 16.9. The van der Waals surface area contributed by atoms with Crippen LogP contribution >= 0.6 is 0 Å². The highest BCUT2D eigenvalue weighted by atomic mass is 16.5. The molecule has 2 aliphatic heterocycles. The molecule has 0 bridgehead atoms. The number of carbonyl (C=O) groups excluding carboxylic acids is 1. The Morgan fingerprint density at radius 1 is 1.26 bits per heavy atom. The summed E-state index contributed by atoms with van der Waals surface area (Å²) in [5.41, 5.74) is -0.258. The molecule has 0 spiro atoms. The molecule has 134 valence electrons. The van der Waals surface area contributed by atoms with Crippen LogP contribution in [0.25, 0.3) is 0 Å². The van der Waals surface area contributed by atoms with E-state index in [2.05, 4.69) is 4.90 Å². The van der Waals surface area contributed by atoms with Crippen LogP contribution < -0.4 is 0 Å². The summed E-state index contributed by atoms with van der Waals surface area (Å²) < 4.78 is 11.0. The van der Waals surface area contributed by atoms with Crippen LogP contribution in [-0.2, 0) is 14.3 Å². The van der Waals surface area contributed by atoms with Gasteiger partial charge in [-0.1, -0.05) is 6.42 Å². The molecule has 23 heavy (non-hydrogen) atoms. The third-order valence-electron chi connectivity index (χ3n) is 4.38. The second-order valence-electron chi connectivity index (χ2n) is 7.52. The highest BCUT2D eigenvalue weighted by molar-refractivity contribution is 5.82. The SMILES string of the molecule is CC(C)(C)OC[C@H](O)CN1CCCC[C@@H]1C(=O)N1CCOCC1. The Kier molecular flexibility index (Phi) is 6.83. The van der Waals surface area contributed by atoms with E-state index in [0.29, 0.717) is 39.5 Å². The van der Waals surface area contributed by atoms with Gasteiger partial charge in [0.1, 0.15) is 0 Å². The van der Waals surface area contributed by atoms with Crippen LogP contribution in [-0.4, -0.2) is 84.6 Å². The Morgan fingerprint density at radius 2 is 1.96 bits per heavy atom. The van der Waals surface area contributed by atoms with Crippen LogP contribution in [0, 0.1) is 0 Å². The normalized spacial score (nSPS) is 25.4. The lowest BCUT2D eigenvalue weighted by Gasteiger charge is -2.39. The summed E-state index contributed by atoms with van der Waals surface area (Å²) >= 11 is 0. The van der Waals surface area contributed by atoms with Gasteiger partial charge in [-0.25, -0.2) is 0 Å². The predicted molar refractivity (Wildman–Crippen MR) is 88.3 cm³/mol. The number of carbonyl (C=O) groups is 1. The first kappa shape index (κ1) is 18.6. The molecule has 1 N–H and O–H groups in total. The maximum absolute atomic E-state index is 12.8. The summed E-state index contributed by atoms with van der Waals surface area (Å²) in [7, 11) is 0. The van der Waals surface area contributed by atoms with Crippen molar-refractivity contribution in [2.75, 3.05) is 46.0 Å². The maximum atomic E-state index is 12.8. The van der Waals surface area contributed by atoms with Gasteiger partial charge >= 0.3 is 0 Å². The number of morpholine rings is 1. The molecular weight excluding hydrogens is 296 g/mol. The van der Waals surface area contributed by atoms with E-state index in [1.165, 1.54) is 0 Å². The van der Waals surface area contributed by atoms with Crippen molar-refractivity contribution in [1.29, 1.82) is 0 Å². The Labute approximate surface area is 139 Å². The van der Waals surface area contributed by atoms with Gasteiger partial charge in [0.15, 0.2) is 0 Å². The molecule has 2 aliphatic rings. The Hall–Kier alpha value is -0.690. The monoisotopic (exact) mass is 328 g/mol. The molecule has 1 amide bonds. The van der Waals surface area contributed by atoms with E-state index in [0.717, 1.165) is 25.8 Å². The molecule has 0 unspecified atom stereocenters. The number of β-amino-alcohol motifs (C(OH)–C–C–N with tert-alkyl or cyclic N) is 1. The first-order valence-corrected chi connectivity index (χ1v) is 8.79. The van der Waals surface area contributed by atoms with Crippen molar-refractivity contribution in [3.63, 3.8) is 0 Å². The largest absolute Gasteiger partial charge is 0.389 e. The number of aliphatic hydroxyl groups excluding tert-OH is 1. The Morgan fingerprint density at radius 3 is 2.61 bits per heavy atom. The third kappa shape index (κ3) is 6.03. The molecule has 0 aliphatic carbocycles. The van der Waals surface area contributed by atoms with E-state index in [9.17, 15) is 9.90 Å². The number of hydrogen-bond donors (Lipinski definition) is 1. The quantitative estimate of drug-likeness (QED) is 0.812. The van der Waals surface area contributed by atoms with Crippen molar-refractivity contribution >= 4 is 5.91 Å². The number of piperidine rings is 1. The van der Waals surface area contributed by atoms with Crippen molar-refractivity contribution in [1.82, 2.24) is 9.80 Å². The lowest BCUT2D eigenvalue weighted by molar-refractivity contribution is -0.143. The molecule has 2 heterocycles. The van der Waals surface area contributed by atoms with Crippen LogP contribution in [0.15, 0.2) is 0 Å². The Balaban J connectivity index is 1.88. The lowest BCUT2D eigenvalue weighted by atomic mass is 10.00.